The first-order valence-electron chi connectivity index (χ1n) is 5.02. The predicted molar refractivity (Wildman–Crippen MR) is 72.6 cm³/mol. The second-order valence-corrected chi connectivity index (χ2v) is 4.43. The van der Waals surface area contributed by atoms with E-state index in [1.165, 1.54) is 5.57 Å². The van der Waals surface area contributed by atoms with E-state index in [1.54, 1.807) is 18.9 Å². The largest absolute Gasteiger partial charge is 0.497 e. The van der Waals surface area contributed by atoms with E-state index in [9.17, 15) is 0 Å². The first-order valence-corrected chi connectivity index (χ1v) is 5.90. The molecule has 0 N–H and O–H groups in total. The molecule has 0 saturated heterocycles. The van der Waals surface area contributed by atoms with Crippen molar-refractivity contribution in [3.8, 4) is 5.75 Å². The van der Waals surface area contributed by atoms with E-state index in [0.29, 0.717) is 0 Å². The maximum Gasteiger partial charge on any atom is 0.118 e. The first-order chi connectivity index (χ1) is 7.67. The maximum atomic E-state index is 5.12. The lowest BCUT2D eigenvalue weighted by Crippen LogP contribution is -1.83. The van der Waals surface area contributed by atoms with Crippen molar-refractivity contribution in [2.75, 3.05) is 7.11 Å². The van der Waals surface area contributed by atoms with Crippen molar-refractivity contribution in [3.63, 3.8) is 0 Å². The first kappa shape index (κ1) is 12.7. The fourth-order valence-corrected chi connectivity index (χ4v) is 1.84. The van der Waals surface area contributed by atoms with Gasteiger partial charge in [0.2, 0.25) is 0 Å². The van der Waals surface area contributed by atoms with E-state index in [0.717, 1.165) is 16.2 Å². The zero-order valence-electron chi connectivity index (χ0n) is 9.91. The van der Waals surface area contributed by atoms with Crippen LogP contribution < -0.4 is 4.74 Å². The molecule has 1 aromatic rings. The molecule has 0 heterocycles. The molecule has 0 spiro atoms. The molecule has 1 aromatic carbocycles. The van der Waals surface area contributed by atoms with Crippen LogP contribution in [0.2, 0.25) is 0 Å². The van der Waals surface area contributed by atoms with Gasteiger partial charge in [-0.15, -0.1) is 5.73 Å². The monoisotopic (exact) mass is 232 g/mol. The summed E-state index contributed by atoms with van der Waals surface area (Å²) in [7, 11) is 1.66. The molecule has 1 rings (SSSR count). The van der Waals surface area contributed by atoms with E-state index < -0.39 is 0 Å². The van der Waals surface area contributed by atoms with Gasteiger partial charge >= 0.3 is 0 Å². The summed E-state index contributed by atoms with van der Waals surface area (Å²) in [4.78, 5) is 1.03. The minimum absolute atomic E-state index is 0.861. The van der Waals surface area contributed by atoms with Crippen LogP contribution in [0, 0.1) is 0 Å². The molecule has 84 valence electrons. The summed E-state index contributed by atoms with van der Waals surface area (Å²) in [6.45, 7) is 7.86. The number of hydrogen-bond acceptors (Lipinski definition) is 2. The number of thioether (sulfide) groups is 1. The molecule has 16 heavy (non-hydrogen) atoms. The van der Waals surface area contributed by atoms with Gasteiger partial charge in [-0.2, -0.15) is 0 Å². The molecular formula is C14H16OS. The highest BCUT2D eigenvalue weighted by atomic mass is 32.2. The molecule has 2 heteroatoms. The topological polar surface area (TPSA) is 9.23 Å². The van der Waals surface area contributed by atoms with E-state index in [-0.39, 0.29) is 0 Å². The lowest BCUT2D eigenvalue weighted by Gasteiger charge is -2.04. The van der Waals surface area contributed by atoms with E-state index >= 15 is 0 Å². The molecule has 0 radical (unpaired) electrons. The fourth-order valence-electron chi connectivity index (χ4n) is 1.13. The Kier molecular flexibility index (Phi) is 4.97. The van der Waals surface area contributed by atoms with Crippen LogP contribution in [0.5, 0.6) is 5.75 Å². The number of methoxy groups -OCH3 is 1. The summed E-state index contributed by atoms with van der Waals surface area (Å²) in [6, 6.07) is 7.90. The summed E-state index contributed by atoms with van der Waals surface area (Å²) in [5, 5.41) is 2.09. The normalized spacial score (nSPS) is 9.19. The molecule has 0 aliphatic carbocycles. The summed E-state index contributed by atoms with van der Waals surface area (Å²) in [5.41, 5.74) is 5.33. The van der Waals surface area contributed by atoms with Crippen molar-refractivity contribution in [1.82, 2.24) is 0 Å². The van der Waals surface area contributed by atoms with Gasteiger partial charge in [0.1, 0.15) is 5.75 Å². The van der Waals surface area contributed by atoms with Crippen LogP contribution >= 0.6 is 11.8 Å². The standard InChI is InChI=1S/C14H16OS/c1-5-14(16-10-11(2)3)12-6-8-13(15-4)9-7-12/h6-10H,1H2,2-4H3. The summed E-state index contributed by atoms with van der Waals surface area (Å²) < 4.78 is 5.12. The third-order valence-electron chi connectivity index (χ3n) is 1.93. The molecule has 0 aliphatic rings. The second-order valence-electron chi connectivity index (χ2n) is 3.55. The van der Waals surface area contributed by atoms with Crippen LogP contribution in [-0.4, -0.2) is 7.11 Å². The Bertz CT molecular complexity index is 419. The molecule has 0 aliphatic heterocycles. The minimum Gasteiger partial charge on any atom is -0.497 e. The van der Waals surface area contributed by atoms with Crippen molar-refractivity contribution in [2.45, 2.75) is 13.8 Å². The van der Waals surface area contributed by atoms with Crippen molar-refractivity contribution in [3.05, 3.63) is 53.1 Å². The molecule has 0 atom stereocenters. The van der Waals surface area contributed by atoms with Gasteiger partial charge < -0.3 is 4.74 Å². The van der Waals surface area contributed by atoms with Crippen molar-refractivity contribution in [2.24, 2.45) is 0 Å². The number of benzene rings is 1. The van der Waals surface area contributed by atoms with Crippen molar-refractivity contribution < 1.29 is 4.74 Å². The number of rotatable bonds is 4. The molecule has 1 nitrogen and oxygen atoms in total. The molecule has 0 unspecified atom stereocenters. The fraction of sp³-hybridized carbons (Fsp3) is 0.214. The lowest BCUT2D eigenvalue weighted by atomic mass is 10.2. The van der Waals surface area contributed by atoms with Gasteiger partial charge in [0, 0.05) is 0 Å². The zero-order chi connectivity index (χ0) is 12.0. The van der Waals surface area contributed by atoms with Gasteiger partial charge in [-0.25, -0.2) is 0 Å². The second kappa shape index (κ2) is 6.26. The summed E-state index contributed by atoms with van der Waals surface area (Å²) in [5.74, 6) is 0.861. The average Bonchev–Trinajstić information content (AvgIpc) is 2.30. The van der Waals surface area contributed by atoms with Gasteiger partial charge in [0.25, 0.3) is 0 Å². The molecule has 0 amide bonds. The SMILES string of the molecule is C=C=C(SC=C(C)C)c1ccc(OC)cc1. The molecule has 0 fully saturated rings. The Balaban J connectivity index is 2.88. The van der Waals surface area contributed by atoms with E-state index in [1.807, 2.05) is 24.3 Å². The van der Waals surface area contributed by atoms with Gasteiger partial charge in [-0.05, 0) is 49.1 Å². The minimum atomic E-state index is 0.861. The highest BCUT2D eigenvalue weighted by Gasteiger charge is 2.00. The number of allylic oxidation sites excluding steroid dienone is 1. The quantitative estimate of drug-likeness (QED) is 0.708. The zero-order valence-corrected chi connectivity index (χ0v) is 10.7. The number of hydrogen-bond donors (Lipinski definition) is 0. The molecule has 0 aromatic heterocycles. The Morgan fingerprint density at radius 1 is 1.31 bits per heavy atom. The van der Waals surface area contributed by atoms with Crippen LogP contribution in [0.15, 0.2) is 47.6 Å². The van der Waals surface area contributed by atoms with Crippen LogP contribution in [0.25, 0.3) is 4.91 Å². The van der Waals surface area contributed by atoms with E-state index in [2.05, 4.69) is 31.6 Å². The number of ether oxygens (including phenoxy) is 1. The van der Waals surface area contributed by atoms with Crippen molar-refractivity contribution in [1.29, 1.82) is 0 Å². The van der Waals surface area contributed by atoms with E-state index in [4.69, 9.17) is 4.74 Å². The highest BCUT2D eigenvalue weighted by molar-refractivity contribution is 8.10. The van der Waals surface area contributed by atoms with Crippen LogP contribution in [0.3, 0.4) is 0 Å². The Hall–Kier alpha value is -1.37. The van der Waals surface area contributed by atoms with Crippen LogP contribution in [-0.2, 0) is 0 Å². The maximum absolute atomic E-state index is 5.12. The Labute approximate surface area is 102 Å². The lowest BCUT2D eigenvalue weighted by molar-refractivity contribution is 0.415. The molecule has 0 bridgehead atoms. The van der Waals surface area contributed by atoms with Gasteiger partial charge in [0.05, 0.1) is 12.0 Å². The van der Waals surface area contributed by atoms with Crippen LogP contribution in [0.1, 0.15) is 19.4 Å². The Morgan fingerprint density at radius 2 is 1.94 bits per heavy atom. The highest BCUT2D eigenvalue weighted by Crippen LogP contribution is 2.29. The predicted octanol–water partition coefficient (Wildman–Crippen LogP) is 4.48. The molecule has 0 saturated carbocycles. The Morgan fingerprint density at radius 3 is 2.38 bits per heavy atom. The van der Waals surface area contributed by atoms with Gasteiger partial charge in [-0.3, -0.25) is 0 Å². The smallest absolute Gasteiger partial charge is 0.118 e. The third-order valence-corrected chi connectivity index (χ3v) is 3.13. The third kappa shape index (κ3) is 3.65. The van der Waals surface area contributed by atoms with Crippen LogP contribution in [0.4, 0.5) is 0 Å². The molecular weight excluding hydrogens is 216 g/mol. The van der Waals surface area contributed by atoms with Gasteiger partial charge in [0.15, 0.2) is 0 Å². The summed E-state index contributed by atoms with van der Waals surface area (Å²) in [6.07, 6.45) is 0. The summed E-state index contributed by atoms with van der Waals surface area (Å²) >= 11 is 1.64. The van der Waals surface area contributed by atoms with Gasteiger partial charge in [-0.1, -0.05) is 23.9 Å². The van der Waals surface area contributed by atoms with Crippen molar-refractivity contribution >= 4 is 16.7 Å². The average molecular weight is 232 g/mol.